The number of ether oxygens (including phenoxy) is 1. The van der Waals surface area contributed by atoms with Crippen LogP contribution in [0.4, 0.5) is 4.79 Å². The first kappa shape index (κ1) is 13.4. The lowest BCUT2D eigenvalue weighted by Crippen LogP contribution is -2.42. The van der Waals surface area contributed by atoms with Crippen molar-refractivity contribution in [2.45, 2.75) is 31.9 Å². The van der Waals surface area contributed by atoms with Gasteiger partial charge in [0.1, 0.15) is 6.61 Å². The van der Waals surface area contributed by atoms with Crippen LogP contribution in [0.2, 0.25) is 0 Å². The Hall–Kier alpha value is -1.55. The van der Waals surface area contributed by atoms with E-state index in [1.54, 1.807) is 0 Å². The number of rotatable bonds is 4. The highest BCUT2D eigenvalue weighted by Crippen LogP contribution is 2.48. The molecule has 1 amide bonds. The van der Waals surface area contributed by atoms with Crippen LogP contribution < -0.4 is 5.32 Å². The van der Waals surface area contributed by atoms with Crippen molar-refractivity contribution < 1.29 is 14.6 Å². The smallest absolute Gasteiger partial charge is 0.407 e. The van der Waals surface area contributed by atoms with E-state index in [-0.39, 0.29) is 18.7 Å². The monoisotopic (exact) mass is 275 g/mol. The molecule has 0 aromatic heterocycles. The third kappa shape index (κ3) is 2.80. The maximum atomic E-state index is 11.8. The number of nitrogens with one attached hydrogen (secondary N) is 1. The standard InChI is InChI=1S/C16H21NO3/c18-9-13-6-12-7-14(13)15(8-12)17-16(19)20-10-11-4-2-1-3-5-11/h1-5,12-15,18H,6-10H2,(H,17,19)/t12?,13-,14?,15+/m1/s1. The predicted molar refractivity (Wildman–Crippen MR) is 75.0 cm³/mol. The molecular weight excluding hydrogens is 254 g/mol. The number of hydrogen-bond donors (Lipinski definition) is 2. The van der Waals surface area contributed by atoms with Crippen molar-refractivity contribution in [1.29, 1.82) is 0 Å². The fourth-order valence-electron chi connectivity index (χ4n) is 3.79. The zero-order valence-corrected chi connectivity index (χ0v) is 11.5. The zero-order valence-electron chi connectivity index (χ0n) is 11.5. The van der Waals surface area contributed by atoms with Crippen molar-refractivity contribution >= 4 is 6.09 Å². The van der Waals surface area contributed by atoms with Gasteiger partial charge in [-0.25, -0.2) is 4.79 Å². The van der Waals surface area contributed by atoms with Gasteiger partial charge in [0, 0.05) is 12.6 Å². The van der Waals surface area contributed by atoms with E-state index in [4.69, 9.17) is 4.74 Å². The van der Waals surface area contributed by atoms with E-state index < -0.39 is 0 Å². The number of alkyl carbamates (subject to hydrolysis) is 1. The van der Waals surface area contributed by atoms with Gasteiger partial charge in [-0.15, -0.1) is 0 Å². The maximum Gasteiger partial charge on any atom is 0.407 e. The zero-order chi connectivity index (χ0) is 13.9. The molecule has 1 aromatic carbocycles. The van der Waals surface area contributed by atoms with E-state index in [0.29, 0.717) is 24.4 Å². The summed E-state index contributed by atoms with van der Waals surface area (Å²) in [6.07, 6.45) is 2.93. The molecule has 2 aliphatic rings. The van der Waals surface area contributed by atoms with E-state index in [9.17, 15) is 9.90 Å². The molecule has 4 atom stereocenters. The van der Waals surface area contributed by atoms with Gasteiger partial charge in [-0.1, -0.05) is 30.3 Å². The molecule has 3 rings (SSSR count). The van der Waals surface area contributed by atoms with Crippen molar-refractivity contribution in [3.05, 3.63) is 35.9 Å². The van der Waals surface area contributed by atoms with Gasteiger partial charge in [0.2, 0.25) is 0 Å². The van der Waals surface area contributed by atoms with Crippen LogP contribution in [0.15, 0.2) is 30.3 Å². The van der Waals surface area contributed by atoms with Gasteiger partial charge in [-0.2, -0.15) is 0 Å². The molecule has 1 aromatic rings. The van der Waals surface area contributed by atoms with Crippen molar-refractivity contribution in [3.8, 4) is 0 Å². The topological polar surface area (TPSA) is 58.6 Å². The minimum Gasteiger partial charge on any atom is -0.445 e. The van der Waals surface area contributed by atoms with Gasteiger partial charge in [-0.3, -0.25) is 0 Å². The number of amides is 1. The summed E-state index contributed by atoms with van der Waals surface area (Å²) < 4.78 is 5.25. The SMILES string of the molecule is O=C(N[C@H]1CC2CC1[C@@H](CO)C2)OCc1ccccc1. The summed E-state index contributed by atoms with van der Waals surface area (Å²) in [5.74, 6) is 1.44. The Morgan fingerprint density at radius 1 is 1.25 bits per heavy atom. The molecule has 0 aliphatic heterocycles. The van der Waals surface area contributed by atoms with E-state index in [2.05, 4.69) is 5.32 Å². The van der Waals surface area contributed by atoms with Gasteiger partial charge >= 0.3 is 6.09 Å². The van der Waals surface area contributed by atoms with E-state index in [1.807, 2.05) is 30.3 Å². The highest BCUT2D eigenvalue weighted by atomic mass is 16.5. The maximum absolute atomic E-state index is 11.8. The number of fused-ring (bicyclic) bond motifs is 2. The average molecular weight is 275 g/mol. The summed E-state index contributed by atoms with van der Waals surface area (Å²) in [6, 6.07) is 9.85. The Morgan fingerprint density at radius 2 is 2.05 bits per heavy atom. The van der Waals surface area contributed by atoms with E-state index in [0.717, 1.165) is 24.8 Å². The second kappa shape index (κ2) is 5.83. The Balaban J connectivity index is 1.48. The van der Waals surface area contributed by atoms with Gasteiger partial charge in [0.15, 0.2) is 0 Å². The van der Waals surface area contributed by atoms with Crippen molar-refractivity contribution in [2.24, 2.45) is 17.8 Å². The van der Waals surface area contributed by atoms with Crippen LogP contribution in [0.3, 0.4) is 0 Å². The van der Waals surface area contributed by atoms with Crippen LogP contribution in [0.1, 0.15) is 24.8 Å². The van der Waals surface area contributed by atoms with Gasteiger partial charge in [0.25, 0.3) is 0 Å². The van der Waals surface area contributed by atoms with Crippen LogP contribution in [0.25, 0.3) is 0 Å². The van der Waals surface area contributed by atoms with Crippen LogP contribution in [0.5, 0.6) is 0 Å². The normalized spacial score (nSPS) is 31.2. The quantitative estimate of drug-likeness (QED) is 0.886. The summed E-state index contributed by atoms with van der Waals surface area (Å²) in [5.41, 5.74) is 0.990. The minimum absolute atomic E-state index is 0.175. The first-order valence-electron chi connectivity index (χ1n) is 7.34. The number of aliphatic hydroxyl groups is 1. The number of hydrogen-bond acceptors (Lipinski definition) is 3. The molecule has 108 valence electrons. The number of benzene rings is 1. The molecule has 4 nitrogen and oxygen atoms in total. The Morgan fingerprint density at radius 3 is 2.75 bits per heavy atom. The lowest BCUT2D eigenvalue weighted by Gasteiger charge is -2.28. The second-order valence-corrected chi connectivity index (χ2v) is 5.99. The van der Waals surface area contributed by atoms with Crippen LogP contribution in [-0.2, 0) is 11.3 Å². The summed E-state index contributed by atoms with van der Waals surface area (Å²) in [6.45, 7) is 0.537. The lowest BCUT2D eigenvalue weighted by molar-refractivity contribution is 0.118. The summed E-state index contributed by atoms with van der Waals surface area (Å²) in [7, 11) is 0. The van der Waals surface area contributed by atoms with Crippen LogP contribution >= 0.6 is 0 Å². The first-order valence-corrected chi connectivity index (χ1v) is 7.34. The number of carbonyl (C=O) groups excluding carboxylic acids is 1. The van der Waals surface area contributed by atoms with E-state index >= 15 is 0 Å². The van der Waals surface area contributed by atoms with Gasteiger partial charge in [-0.05, 0) is 42.6 Å². The predicted octanol–water partition coefficient (Wildman–Crippen LogP) is 2.32. The third-order valence-electron chi connectivity index (χ3n) is 4.70. The molecule has 4 heteroatoms. The van der Waals surface area contributed by atoms with Gasteiger partial charge < -0.3 is 15.2 Å². The molecular formula is C16H21NO3. The number of carbonyl (C=O) groups is 1. The highest BCUT2D eigenvalue weighted by molar-refractivity contribution is 5.67. The van der Waals surface area contributed by atoms with E-state index in [1.165, 1.54) is 0 Å². The average Bonchev–Trinajstić information content (AvgIpc) is 3.05. The summed E-state index contributed by atoms with van der Waals surface area (Å²) in [4.78, 5) is 11.8. The Kier molecular flexibility index (Phi) is 3.92. The fraction of sp³-hybridized carbons (Fsp3) is 0.562. The molecule has 0 spiro atoms. The summed E-state index contributed by atoms with van der Waals surface area (Å²) >= 11 is 0. The van der Waals surface area contributed by atoms with Gasteiger partial charge in [0.05, 0.1) is 0 Å². The Bertz CT molecular complexity index is 462. The van der Waals surface area contributed by atoms with Crippen LogP contribution in [-0.4, -0.2) is 23.8 Å². The Labute approximate surface area is 119 Å². The molecule has 20 heavy (non-hydrogen) atoms. The van der Waals surface area contributed by atoms with Crippen molar-refractivity contribution in [2.75, 3.05) is 6.61 Å². The second-order valence-electron chi connectivity index (χ2n) is 5.99. The molecule has 2 N–H and O–H groups in total. The molecule has 2 bridgehead atoms. The molecule has 0 saturated heterocycles. The minimum atomic E-state index is -0.344. The molecule has 0 radical (unpaired) electrons. The largest absolute Gasteiger partial charge is 0.445 e. The third-order valence-corrected chi connectivity index (χ3v) is 4.70. The fourth-order valence-corrected chi connectivity index (χ4v) is 3.79. The molecule has 2 fully saturated rings. The van der Waals surface area contributed by atoms with Crippen molar-refractivity contribution in [1.82, 2.24) is 5.32 Å². The lowest BCUT2D eigenvalue weighted by atomic mass is 9.86. The molecule has 0 heterocycles. The highest BCUT2D eigenvalue weighted by Gasteiger charge is 2.46. The molecule has 2 saturated carbocycles. The summed E-state index contributed by atoms with van der Waals surface area (Å²) in [5, 5.41) is 12.3. The first-order chi connectivity index (χ1) is 9.76. The van der Waals surface area contributed by atoms with Crippen molar-refractivity contribution in [3.63, 3.8) is 0 Å². The van der Waals surface area contributed by atoms with Crippen LogP contribution in [0, 0.1) is 17.8 Å². The molecule has 2 aliphatic carbocycles. The number of aliphatic hydroxyl groups excluding tert-OH is 1. The molecule has 2 unspecified atom stereocenters.